The average molecular weight is 179 g/mol. The Hall–Kier alpha value is -1.38. The maximum Gasteiger partial charge on any atom is 0.254 e. The molecule has 2 N–H and O–H groups in total. The van der Waals surface area contributed by atoms with E-state index in [2.05, 4.69) is 6.92 Å². The van der Waals surface area contributed by atoms with Gasteiger partial charge in [0.2, 0.25) is 0 Å². The summed E-state index contributed by atoms with van der Waals surface area (Å²) in [6.07, 6.45) is 6.00. The summed E-state index contributed by atoms with van der Waals surface area (Å²) < 4.78 is 1.99. The van der Waals surface area contributed by atoms with Gasteiger partial charge in [0.1, 0.15) is 12.1 Å². The van der Waals surface area contributed by atoms with Crippen molar-refractivity contribution in [2.24, 2.45) is 5.73 Å². The number of hydrogen-bond acceptors (Lipinski definition) is 1. The summed E-state index contributed by atoms with van der Waals surface area (Å²) in [6, 6.07) is 3.57. The monoisotopic (exact) mass is 179 g/mol. The van der Waals surface area contributed by atoms with Gasteiger partial charge in [0.05, 0.1) is 0 Å². The number of nitrogens with zero attached hydrogens (tertiary/aromatic N) is 1. The van der Waals surface area contributed by atoms with Crippen molar-refractivity contribution in [3.63, 3.8) is 0 Å². The Morgan fingerprint density at radius 3 is 3.00 bits per heavy atom. The molecule has 3 heteroatoms. The third kappa shape index (κ3) is 2.86. The van der Waals surface area contributed by atoms with Crippen molar-refractivity contribution in [1.82, 2.24) is 0 Å². The van der Waals surface area contributed by atoms with Gasteiger partial charge in [0.25, 0.3) is 5.91 Å². The summed E-state index contributed by atoms with van der Waals surface area (Å²) in [6.45, 7) is 3.08. The minimum absolute atomic E-state index is 0.370. The first-order valence-corrected chi connectivity index (χ1v) is 4.53. The predicted octanol–water partition coefficient (Wildman–Crippen LogP) is 0.873. The van der Waals surface area contributed by atoms with E-state index in [0.29, 0.717) is 5.56 Å². The van der Waals surface area contributed by atoms with Crippen molar-refractivity contribution in [1.29, 1.82) is 0 Å². The first kappa shape index (κ1) is 9.71. The van der Waals surface area contributed by atoms with Gasteiger partial charge in [-0.2, -0.15) is 0 Å². The van der Waals surface area contributed by atoms with Gasteiger partial charge in [-0.3, -0.25) is 4.79 Å². The molecular formula is C10H15N2O+. The third-order valence-electron chi connectivity index (χ3n) is 1.91. The van der Waals surface area contributed by atoms with Crippen molar-refractivity contribution < 1.29 is 9.36 Å². The quantitative estimate of drug-likeness (QED) is 0.685. The molecule has 1 aromatic heterocycles. The van der Waals surface area contributed by atoms with Crippen LogP contribution in [0, 0.1) is 0 Å². The molecule has 0 aliphatic rings. The Labute approximate surface area is 78.2 Å². The molecule has 0 spiro atoms. The Balaban J connectivity index is 2.73. The summed E-state index contributed by atoms with van der Waals surface area (Å²) in [5, 5.41) is 0. The fourth-order valence-electron chi connectivity index (χ4n) is 1.15. The highest BCUT2D eigenvalue weighted by atomic mass is 16.1. The molecule has 0 fully saturated rings. The molecule has 13 heavy (non-hydrogen) atoms. The van der Waals surface area contributed by atoms with Gasteiger partial charge in [0, 0.05) is 12.5 Å². The molecule has 0 atom stereocenters. The minimum Gasteiger partial charge on any atom is -0.365 e. The van der Waals surface area contributed by atoms with Gasteiger partial charge < -0.3 is 5.73 Å². The number of primary amides is 1. The lowest BCUT2D eigenvalue weighted by atomic mass is 10.2. The number of pyridine rings is 1. The van der Waals surface area contributed by atoms with E-state index in [-0.39, 0.29) is 5.91 Å². The van der Waals surface area contributed by atoms with Crippen LogP contribution >= 0.6 is 0 Å². The Morgan fingerprint density at radius 1 is 1.62 bits per heavy atom. The van der Waals surface area contributed by atoms with Gasteiger partial charge in [-0.1, -0.05) is 13.3 Å². The Morgan fingerprint density at radius 2 is 2.38 bits per heavy atom. The highest BCUT2D eigenvalue weighted by Gasteiger charge is 2.05. The molecule has 70 valence electrons. The molecule has 0 aromatic carbocycles. The summed E-state index contributed by atoms with van der Waals surface area (Å²) in [7, 11) is 0. The SMILES string of the molecule is CCCC[n+]1cccc(C(N)=O)c1. The Kier molecular flexibility index (Phi) is 3.43. The predicted molar refractivity (Wildman–Crippen MR) is 50.1 cm³/mol. The van der Waals surface area contributed by atoms with E-state index in [9.17, 15) is 4.79 Å². The van der Waals surface area contributed by atoms with Crippen LogP contribution in [0.2, 0.25) is 0 Å². The number of carbonyl (C=O) groups excluding carboxylic acids is 1. The van der Waals surface area contributed by atoms with E-state index in [1.54, 1.807) is 12.3 Å². The second kappa shape index (κ2) is 4.60. The van der Waals surface area contributed by atoms with Crippen molar-refractivity contribution >= 4 is 5.91 Å². The molecule has 0 saturated carbocycles. The standard InChI is InChI=1S/C10H14N2O/c1-2-3-6-12-7-4-5-9(8-12)10(11)13/h4-5,7-8H,2-3,6H2,1H3,(H-,11,13)/p+1. The van der Waals surface area contributed by atoms with Crippen LogP contribution in [0.25, 0.3) is 0 Å². The fraction of sp³-hybridized carbons (Fsp3) is 0.400. The van der Waals surface area contributed by atoms with Gasteiger partial charge in [-0.25, -0.2) is 4.57 Å². The highest BCUT2D eigenvalue weighted by molar-refractivity contribution is 5.92. The van der Waals surface area contributed by atoms with Crippen molar-refractivity contribution in [3.8, 4) is 0 Å². The molecule has 3 nitrogen and oxygen atoms in total. The van der Waals surface area contributed by atoms with E-state index in [1.165, 1.54) is 0 Å². The zero-order valence-corrected chi connectivity index (χ0v) is 7.86. The van der Waals surface area contributed by atoms with Gasteiger partial charge >= 0.3 is 0 Å². The number of aryl methyl sites for hydroxylation is 1. The molecule has 0 aliphatic heterocycles. The number of nitrogens with two attached hydrogens (primary N) is 1. The molecule has 1 heterocycles. The van der Waals surface area contributed by atoms with Gasteiger partial charge in [-0.15, -0.1) is 0 Å². The first-order valence-electron chi connectivity index (χ1n) is 4.53. The summed E-state index contributed by atoms with van der Waals surface area (Å²) in [5.74, 6) is -0.370. The normalized spacial score (nSPS) is 9.92. The molecule has 0 aliphatic carbocycles. The molecule has 0 radical (unpaired) electrons. The van der Waals surface area contributed by atoms with Crippen LogP contribution < -0.4 is 10.3 Å². The lowest BCUT2D eigenvalue weighted by Gasteiger charge is -1.96. The van der Waals surface area contributed by atoms with E-state index in [1.807, 2.05) is 16.8 Å². The number of aromatic nitrogens is 1. The Bertz CT molecular complexity index is 297. The minimum atomic E-state index is -0.370. The largest absolute Gasteiger partial charge is 0.365 e. The van der Waals surface area contributed by atoms with Crippen LogP contribution in [0.3, 0.4) is 0 Å². The van der Waals surface area contributed by atoms with Crippen LogP contribution in [0.5, 0.6) is 0 Å². The number of hydrogen-bond donors (Lipinski definition) is 1. The second-order valence-electron chi connectivity index (χ2n) is 3.05. The molecule has 1 aromatic rings. The molecule has 1 rings (SSSR count). The molecule has 0 unspecified atom stereocenters. The summed E-state index contributed by atoms with van der Waals surface area (Å²) in [4.78, 5) is 10.8. The number of carbonyl (C=O) groups is 1. The fourth-order valence-corrected chi connectivity index (χ4v) is 1.15. The number of rotatable bonds is 4. The average Bonchev–Trinajstić information content (AvgIpc) is 2.15. The van der Waals surface area contributed by atoms with Crippen LogP contribution in [0.15, 0.2) is 24.5 Å². The van der Waals surface area contributed by atoms with Gasteiger partial charge in [-0.05, 0) is 6.07 Å². The zero-order chi connectivity index (χ0) is 9.68. The number of unbranched alkanes of at least 4 members (excludes halogenated alkanes) is 1. The molecule has 0 saturated heterocycles. The smallest absolute Gasteiger partial charge is 0.254 e. The first-order chi connectivity index (χ1) is 6.24. The van der Waals surface area contributed by atoms with Crippen LogP contribution in [0.4, 0.5) is 0 Å². The van der Waals surface area contributed by atoms with Crippen LogP contribution in [-0.2, 0) is 6.54 Å². The summed E-state index contributed by atoms with van der Waals surface area (Å²) in [5.41, 5.74) is 5.73. The lowest BCUT2D eigenvalue weighted by molar-refractivity contribution is -0.697. The van der Waals surface area contributed by atoms with Crippen molar-refractivity contribution in [2.45, 2.75) is 26.3 Å². The molecule has 1 amide bonds. The van der Waals surface area contributed by atoms with Gasteiger partial charge in [0.15, 0.2) is 12.4 Å². The van der Waals surface area contributed by atoms with Crippen LogP contribution in [-0.4, -0.2) is 5.91 Å². The lowest BCUT2D eigenvalue weighted by Crippen LogP contribution is -2.34. The molecule has 0 bridgehead atoms. The van der Waals surface area contributed by atoms with E-state index < -0.39 is 0 Å². The molecular weight excluding hydrogens is 164 g/mol. The number of amides is 1. The highest BCUT2D eigenvalue weighted by Crippen LogP contribution is 1.93. The third-order valence-corrected chi connectivity index (χ3v) is 1.91. The maximum absolute atomic E-state index is 10.8. The summed E-state index contributed by atoms with van der Waals surface area (Å²) >= 11 is 0. The van der Waals surface area contributed by atoms with E-state index >= 15 is 0 Å². The topological polar surface area (TPSA) is 47.0 Å². The maximum atomic E-state index is 10.8. The second-order valence-corrected chi connectivity index (χ2v) is 3.05. The van der Waals surface area contributed by atoms with E-state index in [4.69, 9.17) is 5.73 Å². The zero-order valence-electron chi connectivity index (χ0n) is 7.86. The van der Waals surface area contributed by atoms with E-state index in [0.717, 1.165) is 19.4 Å². The van der Waals surface area contributed by atoms with Crippen molar-refractivity contribution in [3.05, 3.63) is 30.1 Å². The van der Waals surface area contributed by atoms with Crippen molar-refractivity contribution in [2.75, 3.05) is 0 Å². The van der Waals surface area contributed by atoms with Crippen LogP contribution in [0.1, 0.15) is 30.1 Å².